The van der Waals surface area contributed by atoms with Crippen LogP contribution in [-0.4, -0.2) is 37.2 Å². The lowest BCUT2D eigenvalue weighted by Crippen LogP contribution is -2.65. The summed E-state index contributed by atoms with van der Waals surface area (Å²) in [4.78, 5) is 10.6. The van der Waals surface area contributed by atoms with Crippen LogP contribution in [0, 0.1) is 10.1 Å². The van der Waals surface area contributed by atoms with Crippen LogP contribution in [-0.2, 0) is 12.3 Å². The maximum Gasteiger partial charge on any atom is 0.317 e. The molecule has 0 amide bonds. The Morgan fingerprint density at radius 1 is 1.04 bits per heavy atom. The lowest BCUT2D eigenvalue weighted by molar-refractivity contribution is -0.385. The number of nitrogens with zero attached hydrogens (tertiary/aromatic N) is 1. The molecule has 0 saturated carbocycles. The Morgan fingerprint density at radius 3 is 2.21 bits per heavy atom. The van der Waals surface area contributed by atoms with Crippen LogP contribution in [0.4, 0.5) is 5.69 Å². The van der Waals surface area contributed by atoms with E-state index in [4.69, 9.17) is 17.1 Å². The van der Waals surface area contributed by atoms with E-state index in [-0.39, 0.29) is 5.69 Å². The second-order valence-corrected chi connectivity index (χ2v) is 17.7. The summed E-state index contributed by atoms with van der Waals surface area (Å²) in [6, 6.07) is 7.19. The third kappa shape index (κ3) is 5.22. The zero-order valence-corrected chi connectivity index (χ0v) is 17.8. The van der Waals surface area contributed by atoms with Crippen molar-refractivity contribution in [2.75, 3.05) is 6.61 Å². The molecule has 0 radical (unpaired) electrons. The van der Waals surface area contributed by atoms with Gasteiger partial charge in [0.05, 0.1) is 11.5 Å². The molecular weight excluding hydrogens is 362 g/mol. The molecule has 24 heavy (non-hydrogen) atoms. The van der Waals surface area contributed by atoms with Crippen LogP contribution >= 0.6 is 0 Å². The van der Waals surface area contributed by atoms with Crippen LogP contribution in [0.2, 0.25) is 38.8 Å². The molecule has 0 aromatic heterocycles. The summed E-state index contributed by atoms with van der Waals surface area (Å²) in [6.07, 6.45) is 0.726. The van der Waals surface area contributed by atoms with Gasteiger partial charge in [-0.1, -0.05) is 12.1 Å². The summed E-state index contributed by atoms with van der Waals surface area (Å²) in [5.74, 6) is 0.299. The van der Waals surface area contributed by atoms with Crippen LogP contribution in [0.15, 0.2) is 24.3 Å². The molecule has 0 unspecified atom stereocenters. The SMILES string of the molecule is C[Si]1(C)O[Si](C)(C)O[Si](C)(CCCOc2ccccc2[N+](=O)[O-])O1. The van der Waals surface area contributed by atoms with Gasteiger partial charge in [0.15, 0.2) is 5.75 Å². The van der Waals surface area contributed by atoms with Crippen LogP contribution in [0.25, 0.3) is 0 Å². The van der Waals surface area contributed by atoms with Crippen molar-refractivity contribution in [3.63, 3.8) is 0 Å². The average Bonchev–Trinajstić information content (AvgIpc) is 2.40. The number of nitro groups is 1. The van der Waals surface area contributed by atoms with Crippen molar-refractivity contribution in [2.45, 2.75) is 45.2 Å². The number of hydrogen-bond acceptors (Lipinski definition) is 6. The molecule has 0 aliphatic carbocycles. The topological polar surface area (TPSA) is 80.1 Å². The second-order valence-electron chi connectivity index (χ2n) is 6.92. The molecule has 1 aromatic carbocycles. The van der Waals surface area contributed by atoms with Gasteiger partial charge in [-0.05, 0) is 51.3 Å². The number of benzene rings is 1. The molecule has 1 saturated heterocycles. The first kappa shape index (κ1) is 19.3. The first-order chi connectivity index (χ1) is 11.0. The second kappa shape index (κ2) is 7.06. The van der Waals surface area contributed by atoms with E-state index in [0.717, 1.165) is 12.5 Å². The molecule has 1 fully saturated rings. The lowest BCUT2D eigenvalue weighted by atomic mass is 10.3. The summed E-state index contributed by atoms with van der Waals surface area (Å²) >= 11 is 0. The van der Waals surface area contributed by atoms with Gasteiger partial charge >= 0.3 is 31.4 Å². The summed E-state index contributed by atoms with van der Waals surface area (Å²) < 4.78 is 24.1. The van der Waals surface area contributed by atoms with Gasteiger partial charge in [0.1, 0.15) is 0 Å². The van der Waals surface area contributed by atoms with E-state index < -0.39 is 30.6 Å². The van der Waals surface area contributed by atoms with E-state index >= 15 is 0 Å². The predicted molar refractivity (Wildman–Crippen MR) is 97.9 cm³/mol. The lowest BCUT2D eigenvalue weighted by Gasteiger charge is -2.47. The maximum absolute atomic E-state index is 11.0. The fourth-order valence-corrected chi connectivity index (χ4v) is 19.4. The molecule has 0 N–H and O–H groups in total. The third-order valence-corrected chi connectivity index (χ3v) is 16.1. The monoisotopic (exact) mass is 387 g/mol. The zero-order chi connectivity index (χ0) is 18.0. The Balaban J connectivity index is 1.91. The van der Waals surface area contributed by atoms with E-state index in [0.29, 0.717) is 12.4 Å². The molecular formula is C14H25NO6Si3. The number of nitro benzene ring substituents is 1. The van der Waals surface area contributed by atoms with Crippen LogP contribution < -0.4 is 4.74 Å². The fourth-order valence-electron chi connectivity index (χ4n) is 3.10. The van der Waals surface area contributed by atoms with Gasteiger partial charge in [-0.25, -0.2) is 0 Å². The number of ether oxygens (including phenoxy) is 1. The molecule has 10 heteroatoms. The minimum atomic E-state index is -2.30. The van der Waals surface area contributed by atoms with Crippen molar-refractivity contribution in [2.24, 2.45) is 0 Å². The molecule has 134 valence electrons. The molecule has 0 bridgehead atoms. The third-order valence-electron chi connectivity index (χ3n) is 3.51. The van der Waals surface area contributed by atoms with Gasteiger partial charge < -0.3 is 17.1 Å². The number of hydrogen-bond donors (Lipinski definition) is 0. The normalized spacial score (nSPS) is 21.2. The summed E-state index contributed by atoms with van der Waals surface area (Å²) in [6.45, 7) is 10.7. The average molecular weight is 388 g/mol. The minimum absolute atomic E-state index is 0.0124. The van der Waals surface area contributed by atoms with Gasteiger partial charge in [-0.15, -0.1) is 0 Å². The van der Waals surface area contributed by atoms with Crippen molar-refractivity contribution in [3.05, 3.63) is 34.4 Å². The van der Waals surface area contributed by atoms with Crippen molar-refractivity contribution in [3.8, 4) is 5.75 Å². The summed E-state index contributed by atoms with van der Waals surface area (Å²) in [5.41, 5.74) is -0.0124. The van der Waals surface area contributed by atoms with Crippen molar-refractivity contribution in [1.29, 1.82) is 0 Å². The predicted octanol–water partition coefficient (Wildman–Crippen LogP) is 3.90. The van der Waals surface area contributed by atoms with Gasteiger partial charge in [0.25, 0.3) is 0 Å². The molecule has 2 rings (SSSR count). The van der Waals surface area contributed by atoms with Crippen LogP contribution in [0.5, 0.6) is 5.75 Å². The summed E-state index contributed by atoms with van der Waals surface area (Å²) in [7, 11) is -6.58. The van der Waals surface area contributed by atoms with E-state index in [1.807, 2.05) is 0 Å². The van der Waals surface area contributed by atoms with E-state index in [1.54, 1.807) is 18.2 Å². The standard InChI is InChI=1S/C14H25NO6Si3/c1-22(2)19-23(3,4)21-24(5,20-22)12-8-11-18-14-10-7-6-9-13(14)15(16)17/h6-7,9-10H,8,11-12H2,1-5H3. The molecule has 0 spiro atoms. The highest BCUT2D eigenvalue weighted by atomic mass is 28.5. The molecule has 1 aliphatic heterocycles. The highest BCUT2D eigenvalue weighted by Gasteiger charge is 2.52. The molecule has 0 atom stereocenters. The first-order valence-electron chi connectivity index (χ1n) is 7.99. The quantitative estimate of drug-likeness (QED) is 0.319. The molecule has 1 heterocycles. The van der Waals surface area contributed by atoms with Crippen molar-refractivity contribution in [1.82, 2.24) is 0 Å². The van der Waals surface area contributed by atoms with E-state index in [2.05, 4.69) is 32.7 Å². The van der Waals surface area contributed by atoms with Gasteiger partial charge in [-0.2, -0.15) is 0 Å². The number of rotatable bonds is 6. The Labute approximate surface area is 145 Å². The van der Waals surface area contributed by atoms with Crippen molar-refractivity contribution >= 4 is 31.4 Å². The maximum atomic E-state index is 11.0. The highest BCUT2D eigenvalue weighted by molar-refractivity contribution is 6.92. The Hall–Kier alpha value is -1.05. The van der Waals surface area contributed by atoms with Crippen LogP contribution in [0.1, 0.15) is 6.42 Å². The Kier molecular flexibility index (Phi) is 5.67. The van der Waals surface area contributed by atoms with Gasteiger partial charge in [-0.3, -0.25) is 10.1 Å². The van der Waals surface area contributed by atoms with Crippen molar-refractivity contribution < 1.29 is 22.0 Å². The zero-order valence-electron chi connectivity index (χ0n) is 14.8. The smallest absolute Gasteiger partial charge is 0.317 e. The summed E-state index contributed by atoms with van der Waals surface area (Å²) in [5, 5.41) is 11.0. The number of para-hydroxylation sites is 2. The van der Waals surface area contributed by atoms with E-state index in [1.165, 1.54) is 6.07 Å². The Morgan fingerprint density at radius 2 is 1.62 bits per heavy atom. The highest BCUT2D eigenvalue weighted by Crippen LogP contribution is 2.33. The molecule has 1 aromatic rings. The first-order valence-corrected chi connectivity index (χ1v) is 16.1. The minimum Gasteiger partial charge on any atom is -0.487 e. The fraction of sp³-hybridized carbons (Fsp3) is 0.571. The largest absolute Gasteiger partial charge is 0.487 e. The molecule has 7 nitrogen and oxygen atoms in total. The van der Waals surface area contributed by atoms with E-state index in [9.17, 15) is 10.1 Å². The van der Waals surface area contributed by atoms with Gasteiger partial charge in [0, 0.05) is 6.07 Å². The van der Waals surface area contributed by atoms with Gasteiger partial charge in [0.2, 0.25) is 0 Å². The van der Waals surface area contributed by atoms with Crippen LogP contribution in [0.3, 0.4) is 0 Å². The molecule has 1 aliphatic rings. The Bertz CT molecular complexity index is 594.